The molecule has 7 heteroatoms. The third-order valence-corrected chi connectivity index (χ3v) is 2.40. The van der Waals surface area contributed by atoms with Gasteiger partial charge in [-0.05, 0) is 42.8 Å². The number of aromatic nitrogens is 2. The Kier molecular flexibility index (Phi) is 4.50. The maximum Gasteiger partial charge on any atom is 0.408 e. The number of alkyl carbamates (subject to hydrolysis) is 1. The fourth-order valence-corrected chi connectivity index (χ4v) is 1.82. The molecule has 0 aliphatic carbocycles. The molecule has 1 atom stereocenters. The lowest BCUT2D eigenvalue weighted by Gasteiger charge is -2.21. The zero-order chi connectivity index (χ0) is 13.9. The lowest BCUT2D eigenvalue weighted by molar-refractivity contribution is -0.109. The van der Waals surface area contributed by atoms with Crippen molar-refractivity contribution in [1.82, 2.24) is 15.1 Å². The Bertz CT molecular complexity index is 451. The topological polar surface area (TPSA) is 73.2 Å². The number of carbonyl (C=O) groups excluding carboxylic acids is 2. The Morgan fingerprint density at radius 2 is 2.22 bits per heavy atom. The van der Waals surface area contributed by atoms with Gasteiger partial charge in [0.2, 0.25) is 0 Å². The summed E-state index contributed by atoms with van der Waals surface area (Å²) in [6.07, 6.45) is -0.00942. The molecule has 0 aliphatic heterocycles. The highest BCUT2D eigenvalue weighted by Gasteiger charge is 2.22. The van der Waals surface area contributed by atoms with Gasteiger partial charge in [-0.1, -0.05) is 0 Å². The molecule has 1 aromatic rings. The second-order valence-corrected chi connectivity index (χ2v) is 5.59. The summed E-state index contributed by atoms with van der Waals surface area (Å²) in [5.74, 6) is 0. The molecule has 0 aliphatic rings. The van der Waals surface area contributed by atoms with E-state index >= 15 is 0 Å². The molecule has 0 fully saturated rings. The second-order valence-electron chi connectivity index (χ2n) is 4.78. The van der Waals surface area contributed by atoms with Crippen molar-refractivity contribution in [1.29, 1.82) is 0 Å². The van der Waals surface area contributed by atoms with E-state index in [2.05, 4.69) is 26.3 Å². The van der Waals surface area contributed by atoms with E-state index in [4.69, 9.17) is 4.74 Å². The molecule has 1 amide bonds. The zero-order valence-corrected chi connectivity index (χ0v) is 12.3. The molecule has 100 valence electrons. The lowest BCUT2D eigenvalue weighted by atomic mass is 10.2. The summed E-state index contributed by atoms with van der Waals surface area (Å²) in [4.78, 5) is 22.6. The molecule has 1 rings (SSSR count). The van der Waals surface area contributed by atoms with E-state index < -0.39 is 17.7 Å². The number of amides is 1. The van der Waals surface area contributed by atoms with Gasteiger partial charge in [0, 0.05) is 7.05 Å². The van der Waals surface area contributed by atoms with Crippen LogP contribution in [0.1, 0.15) is 32.5 Å². The summed E-state index contributed by atoms with van der Waals surface area (Å²) >= 11 is 3.20. The fraction of sp³-hybridized carbons (Fsp3) is 0.545. The molecule has 18 heavy (non-hydrogen) atoms. The monoisotopic (exact) mass is 317 g/mol. The van der Waals surface area contributed by atoms with Gasteiger partial charge >= 0.3 is 6.09 Å². The quantitative estimate of drug-likeness (QED) is 0.865. The van der Waals surface area contributed by atoms with Crippen LogP contribution in [-0.4, -0.2) is 27.8 Å². The smallest absolute Gasteiger partial charge is 0.408 e. The Morgan fingerprint density at radius 3 is 2.61 bits per heavy atom. The average molecular weight is 318 g/mol. The molecular weight excluding hydrogens is 302 g/mol. The van der Waals surface area contributed by atoms with Gasteiger partial charge in [0.05, 0.1) is 5.69 Å². The number of halogens is 1. The third-order valence-electron chi connectivity index (χ3n) is 2.01. The molecule has 1 unspecified atom stereocenters. The molecule has 6 nitrogen and oxygen atoms in total. The van der Waals surface area contributed by atoms with Crippen molar-refractivity contribution in [2.75, 3.05) is 0 Å². The minimum absolute atomic E-state index is 0.572. The molecular formula is C11H16BrN3O3. The van der Waals surface area contributed by atoms with E-state index in [1.165, 1.54) is 4.68 Å². The molecule has 1 N–H and O–H groups in total. The van der Waals surface area contributed by atoms with Crippen LogP contribution in [0.15, 0.2) is 10.7 Å². The standard InChI is InChI=1S/C11H16BrN3O3/c1-11(2,3)18-10(17)13-7(6-16)8-5-9(12)14-15(8)4/h5-7H,1-4H3,(H,13,17). The molecule has 0 bridgehead atoms. The zero-order valence-electron chi connectivity index (χ0n) is 10.7. The van der Waals surface area contributed by atoms with Crippen LogP contribution >= 0.6 is 15.9 Å². The number of hydrogen-bond donors (Lipinski definition) is 1. The number of aryl methyl sites for hydroxylation is 1. The Morgan fingerprint density at radius 1 is 1.61 bits per heavy atom. The first kappa shape index (κ1) is 14.7. The van der Waals surface area contributed by atoms with E-state index in [0.717, 1.165) is 0 Å². The summed E-state index contributed by atoms with van der Waals surface area (Å²) in [7, 11) is 1.69. The van der Waals surface area contributed by atoms with Crippen LogP contribution in [0.4, 0.5) is 4.79 Å². The first-order chi connectivity index (χ1) is 8.23. The normalized spacial score (nSPS) is 12.9. The molecule has 0 radical (unpaired) electrons. The number of nitrogens with one attached hydrogen (secondary N) is 1. The van der Waals surface area contributed by atoms with Crippen molar-refractivity contribution in [3.05, 3.63) is 16.4 Å². The molecule has 0 saturated carbocycles. The molecule has 0 saturated heterocycles. The minimum atomic E-state index is -0.788. The van der Waals surface area contributed by atoms with Crippen molar-refractivity contribution in [3.63, 3.8) is 0 Å². The highest BCUT2D eigenvalue weighted by Crippen LogP contribution is 2.16. The van der Waals surface area contributed by atoms with Gasteiger partial charge in [0.1, 0.15) is 22.5 Å². The van der Waals surface area contributed by atoms with Crippen molar-refractivity contribution in [2.45, 2.75) is 32.4 Å². The molecule has 1 heterocycles. The van der Waals surface area contributed by atoms with Crippen molar-refractivity contribution in [2.24, 2.45) is 7.05 Å². The minimum Gasteiger partial charge on any atom is -0.444 e. The molecule has 0 aromatic carbocycles. The number of carbonyl (C=O) groups is 2. The van der Waals surface area contributed by atoms with E-state index in [1.54, 1.807) is 33.9 Å². The number of hydrogen-bond acceptors (Lipinski definition) is 4. The predicted molar refractivity (Wildman–Crippen MR) is 69.1 cm³/mol. The number of aldehydes is 1. The largest absolute Gasteiger partial charge is 0.444 e. The summed E-state index contributed by atoms with van der Waals surface area (Å²) in [5, 5.41) is 6.53. The van der Waals surface area contributed by atoms with Gasteiger partial charge in [-0.3, -0.25) is 4.68 Å². The Hall–Kier alpha value is -1.37. The first-order valence-electron chi connectivity index (χ1n) is 5.37. The van der Waals surface area contributed by atoms with Crippen LogP contribution in [0, 0.1) is 0 Å². The highest BCUT2D eigenvalue weighted by molar-refractivity contribution is 9.10. The summed E-state index contributed by atoms with van der Waals surface area (Å²) < 4.78 is 7.20. The van der Waals surface area contributed by atoms with Crippen molar-refractivity contribution in [3.8, 4) is 0 Å². The third kappa shape index (κ3) is 4.14. The van der Waals surface area contributed by atoms with Gasteiger partial charge < -0.3 is 14.8 Å². The average Bonchev–Trinajstić information content (AvgIpc) is 2.51. The molecule has 0 spiro atoms. The number of ether oxygens (including phenoxy) is 1. The highest BCUT2D eigenvalue weighted by atomic mass is 79.9. The van der Waals surface area contributed by atoms with Crippen LogP contribution in [0.3, 0.4) is 0 Å². The van der Waals surface area contributed by atoms with Crippen LogP contribution < -0.4 is 5.32 Å². The van der Waals surface area contributed by atoms with Crippen molar-refractivity contribution >= 4 is 28.3 Å². The lowest BCUT2D eigenvalue weighted by Crippen LogP contribution is -2.36. The Labute approximate surface area is 114 Å². The van der Waals surface area contributed by atoms with Gasteiger partial charge in [0.25, 0.3) is 0 Å². The Balaban J connectivity index is 2.77. The summed E-state index contributed by atoms with van der Waals surface area (Å²) in [6, 6.07) is 0.875. The van der Waals surface area contributed by atoms with E-state index in [1.807, 2.05) is 0 Å². The molecule has 1 aromatic heterocycles. The second kappa shape index (κ2) is 5.51. The predicted octanol–water partition coefficient (Wildman–Crippen LogP) is 1.95. The van der Waals surface area contributed by atoms with Gasteiger partial charge in [0.15, 0.2) is 0 Å². The number of nitrogens with zero attached hydrogens (tertiary/aromatic N) is 2. The van der Waals surface area contributed by atoms with Crippen LogP contribution in [0.5, 0.6) is 0 Å². The SMILES string of the molecule is Cn1nc(Br)cc1C(C=O)NC(=O)OC(C)(C)C. The fourth-order valence-electron chi connectivity index (χ4n) is 1.35. The summed E-state index contributed by atoms with van der Waals surface area (Å²) in [5.41, 5.74) is -0.0346. The van der Waals surface area contributed by atoms with E-state index in [-0.39, 0.29) is 0 Å². The maximum absolute atomic E-state index is 11.6. The van der Waals surface area contributed by atoms with Crippen LogP contribution in [0.25, 0.3) is 0 Å². The maximum atomic E-state index is 11.6. The first-order valence-corrected chi connectivity index (χ1v) is 6.16. The van der Waals surface area contributed by atoms with Crippen LogP contribution in [-0.2, 0) is 16.6 Å². The van der Waals surface area contributed by atoms with E-state index in [0.29, 0.717) is 16.6 Å². The van der Waals surface area contributed by atoms with Crippen LogP contribution in [0.2, 0.25) is 0 Å². The van der Waals surface area contributed by atoms with Crippen molar-refractivity contribution < 1.29 is 14.3 Å². The van der Waals surface area contributed by atoms with Gasteiger partial charge in [-0.15, -0.1) is 0 Å². The van der Waals surface area contributed by atoms with Gasteiger partial charge in [-0.2, -0.15) is 5.10 Å². The van der Waals surface area contributed by atoms with Gasteiger partial charge in [-0.25, -0.2) is 4.79 Å². The van der Waals surface area contributed by atoms with E-state index in [9.17, 15) is 9.59 Å². The summed E-state index contributed by atoms with van der Waals surface area (Å²) in [6.45, 7) is 5.26. The number of rotatable bonds is 3.